The number of rotatable bonds is 5. The lowest BCUT2D eigenvalue weighted by Crippen LogP contribution is -2.39. The first-order valence-electron chi connectivity index (χ1n) is 6.11. The van der Waals surface area contributed by atoms with E-state index in [4.69, 9.17) is 5.84 Å². The molecule has 0 saturated heterocycles. The summed E-state index contributed by atoms with van der Waals surface area (Å²) in [7, 11) is 0. The summed E-state index contributed by atoms with van der Waals surface area (Å²) in [6.45, 7) is -0.0773. The fourth-order valence-electron chi connectivity index (χ4n) is 2.40. The third-order valence-electron chi connectivity index (χ3n) is 3.47. The van der Waals surface area contributed by atoms with Crippen LogP contribution in [0.25, 0.3) is 0 Å². The molecule has 0 bridgehead atoms. The van der Waals surface area contributed by atoms with Gasteiger partial charge < -0.3 is 15.8 Å². The number of nitrogens with zero attached hydrogens (tertiary/aromatic N) is 2. The molecule has 1 aromatic heterocycles. The van der Waals surface area contributed by atoms with Gasteiger partial charge in [-0.15, -0.1) is 0 Å². The fourth-order valence-corrected chi connectivity index (χ4v) is 2.40. The van der Waals surface area contributed by atoms with Crippen molar-refractivity contribution in [2.45, 2.75) is 31.2 Å². The van der Waals surface area contributed by atoms with Crippen molar-refractivity contribution in [3.8, 4) is 0 Å². The Morgan fingerprint density at radius 1 is 1.47 bits per heavy atom. The minimum atomic E-state index is -0.523. The zero-order chi connectivity index (χ0) is 13.9. The molecule has 1 heterocycles. The van der Waals surface area contributed by atoms with Gasteiger partial charge in [0.15, 0.2) is 0 Å². The maximum Gasteiger partial charge on any atom is 0.311 e. The van der Waals surface area contributed by atoms with Crippen LogP contribution in [0, 0.1) is 10.1 Å². The lowest BCUT2D eigenvalue weighted by Gasteiger charge is -2.28. The van der Waals surface area contributed by atoms with Crippen LogP contribution in [0.15, 0.2) is 12.1 Å². The number of aliphatic hydroxyl groups excluding tert-OH is 1. The molecule has 5 N–H and O–H groups in total. The van der Waals surface area contributed by atoms with Crippen molar-refractivity contribution in [2.24, 2.45) is 5.84 Å². The highest BCUT2D eigenvalue weighted by Crippen LogP contribution is 2.35. The van der Waals surface area contributed by atoms with Gasteiger partial charge in [0, 0.05) is 6.07 Å². The summed E-state index contributed by atoms with van der Waals surface area (Å²) in [4.78, 5) is 14.6. The SMILES string of the molecule is NNc1ccc([N+](=O)[O-])c(NC2(CO)CCCC2)n1. The maximum absolute atomic E-state index is 11.0. The minimum Gasteiger partial charge on any atom is -0.394 e. The summed E-state index contributed by atoms with van der Waals surface area (Å²) in [6, 6.07) is 2.77. The van der Waals surface area contributed by atoms with E-state index in [-0.39, 0.29) is 18.1 Å². The summed E-state index contributed by atoms with van der Waals surface area (Å²) in [6.07, 6.45) is 3.50. The van der Waals surface area contributed by atoms with Crippen molar-refractivity contribution < 1.29 is 10.0 Å². The number of hydrazine groups is 1. The van der Waals surface area contributed by atoms with Crippen LogP contribution in [0.3, 0.4) is 0 Å². The number of aromatic nitrogens is 1. The van der Waals surface area contributed by atoms with E-state index in [1.807, 2.05) is 0 Å². The Kier molecular flexibility index (Phi) is 3.82. The zero-order valence-corrected chi connectivity index (χ0v) is 10.4. The molecule has 0 aromatic carbocycles. The van der Waals surface area contributed by atoms with Gasteiger partial charge in [0.25, 0.3) is 0 Å². The molecular weight excluding hydrogens is 250 g/mol. The quantitative estimate of drug-likeness (QED) is 0.356. The highest BCUT2D eigenvalue weighted by Gasteiger charge is 2.35. The summed E-state index contributed by atoms with van der Waals surface area (Å²) < 4.78 is 0. The van der Waals surface area contributed by atoms with Gasteiger partial charge >= 0.3 is 5.69 Å². The van der Waals surface area contributed by atoms with E-state index in [9.17, 15) is 15.2 Å². The number of aliphatic hydroxyl groups is 1. The Balaban J connectivity index is 2.33. The second-order valence-electron chi connectivity index (χ2n) is 4.74. The molecule has 2 rings (SSSR count). The van der Waals surface area contributed by atoms with Crippen LogP contribution >= 0.6 is 0 Å². The number of hydrogen-bond acceptors (Lipinski definition) is 7. The molecule has 1 aliphatic carbocycles. The van der Waals surface area contributed by atoms with Crippen LogP contribution in [0.5, 0.6) is 0 Å². The third-order valence-corrected chi connectivity index (χ3v) is 3.47. The topological polar surface area (TPSA) is 126 Å². The Labute approximate surface area is 110 Å². The number of hydrogen-bond donors (Lipinski definition) is 4. The average Bonchev–Trinajstić information content (AvgIpc) is 2.87. The van der Waals surface area contributed by atoms with E-state index >= 15 is 0 Å². The van der Waals surface area contributed by atoms with Crippen LogP contribution in [0.2, 0.25) is 0 Å². The first kappa shape index (κ1) is 13.5. The molecular formula is C11H17N5O3. The average molecular weight is 267 g/mol. The van der Waals surface area contributed by atoms with Gasteiger partial charge in [0.2, 0.25) is 5.82 Å². The first-order chi connectivity index (χ1) is 9.10. The highest BCUT2D eigenvalue weighted by atomic mass is 16.6. The lowest BCUT2D eigenvalue weighted by atomic mass is 9.99. The Hall–Kier alpha value is -1.93. The monoisotopic (exact) mass is 267 g/mol. The zero-order valence-electron chi connectivity index (χ0n) is 10.4. The molecule has 1 fully saturated rings. The van der Waals surface area contributed by atoms with Crippen LogP contribution in [0.1, 0.15) is 25.7 Å². The van der Waals surface area contributed by atoms with Crippen LogP contribution in [-0.4, -0.2) is 27.2 Å². The predicted octanol–water partition coefficient (Wildman–Crippen LogP) is 0.992. The third kappa shape index (κ3) is 2.74. The molecule has 104 valence electrons. The molecule has 0 spiro atoms. The number of nitrogens with two attached hydrogens (primary N) is 1. The largest absolute Gasteiger partial charge is 0.394 e. The normalized spacial score (nSPS) is 17.2. The second kappa shape index (κ2) is 5.37. The van der Waals surface area contributed by atoms with Crippen molar-refractivity contribution in [1.29, 1.82) is 0 Å². The molecule has 1 aromatic rings. The van der Waals surface area contributed by atoms with Gasteiger partial charge in [0.1, 0.15) is 5.82 Å². The van der Waals surface area contributed by atoms with Crippen LogP contribution < -0.4 is 16.6 Å². The van der Waals surface area contributed by atoms with Crippen LogP contribution in [0.4, 0.5) is 17.3 Å². The number of anilines is 2. The van der Waals surface area contributed by atoms with E-state index < -0.39 is 10.5 Å². The van der Waals surface area contributed by atoms with Crippen molar-refractivity contribution in [3.05, 3.63) is 22.2 Å². The van der Waals surface area contributed by atoms with Crippen molar-refractivity contribution in [2.75, 3.05) is 17.3 Å². The van der Waals surface area contributed by atoms with Gasteiger partial charge in [-0.25, -0.2) is 10.8 Å². The van der Waals surface area contributed by atoms with E-state index in [0.717, 1.165) is 25.7 Å². The van der Waals surface area contributed by atoms with Gasteiger partial charge in [-0.1, -0.05) is 12.8 Å². The van der Waals surface area contributed by atoms with E-state index in [2.05, 4.69) is 15.7 Å². The number of nitrogens with one attached hydrogen (secondary N) is 2. The number of pyridine rings is 1. The molecule has 1 saturated carbocycles. The summed E-state index contributed by atoms with van der Waals surface area (Å²) in [5, 5.41) is 23.6. The van der Waals surface area contributed by atoms with E-state index in [1.165, 1.54) is 12.1 Å². The van der Waals surface area contributed by atoms with Gasteiger partial charge in [-0.2, -0.15) is 0 Å². The van der Waals surface area contributed by atoms with Gasteiger partial charge in [-0.3, -0.25) is 10.1 Å². The minimum absolute atomic E-state index is 0.0773. The predicted molar refractivity (Wildman–Crippen MR) is 70.6 cm³/mol. The molecule has 0 radical (unpaired) electrons. The molecule has 8 heteroatoms. The smallest absolute Gasteiger partial charge is 0.311 e. The molecule has 0 unspecified atom stereocenters. The lowest BCUT2D eigenvalue weighted by molar-refractivity contribution is -0.384. The molecule has 0 atom stereocenters. The summed E-state index contributed by atoms with van der Waals surface area (Å²) >= 11 is 0. The standard InChI is InChI=1S/C11H17N5O3/c12-15-9-4-3-8(16(18)19)10(13-9)14-11(7-17)5-1-2-6-11/h3-4,17H,1-2,5-7,12H2,(H2,13,14,15). The van der Waals surface area contributed by atoms with Crippen molar-refractivity contribution in [1.82, 2.24) is 4.98 Å². The maximum atomic E-state index is 11.0. The second-order valence-corrected chi connectivity index (χ2v) is 4.74. The molecule has 0 amide bonds. The van der Waals surface area contributed by atoms with Crippen molar-refractivity contribution in [3.63, 3.8) is 0 Å². The highest BCUT2D eigenvalue weighted by molar-refractivity contribution is 5.61. The van der Waals surface area contributed by atoms with Gasteiger partial charge in [0.05, 0.1) is 17.1 Å². The van der Waals surface area contributed by atoms with Gasteiger partial charge in [-0.05, 0) is 18.9 Å². The fraction of sp³-hybridized carbons (Fsp3) is 0.545. The Morgan fingerprint density at radius 3 is 2.68 bits per heavy atom. The van der Waals surface area contributed by atoms with E-state index in [1.54, 1.807) is 0 Å². The summed E-state index contributed by atoms with van der Waals surface area (Å²) in [5.74, 6) is 5.73. The van der Waals surface area contributed by atoms with E-state index in [0.29, 0.717) is 5.82 Å². The molecule has 1 aliphatic rings. The number of nitrogen functional groups attached to an aromatic ring is 1. The van der Waals surface area contributed by atoms with Crippen LogP contribution in [-0.2, 0) is 0 Å². The molecule has 8 nitrogen and oxygen atoms in total. The summed E-state index contributed by atoms with van der Waals surface area (Å²) in [5.41, 5.74) is 1.70. The molecule has 0 aliphatic heterocycles. The molecule has 19 heavy (non-hydrogen) atoms. The Morgan fingerprint density at radius 2 is 2.16 bits per heavy atom. The van der Waals surface area contributed by atoms with Crippen molar-refractivity contribution >= 4 is 17.3 Å². The Bertz CT molecular complexity index is 473. The first-order valence-corrected chi connectivity index (χ1v) is 6.11. The number of nitro groups is 1.